The van der Waals surface area contributed by atoms with Gasteiger partial charge in [0.1, 0.15) is 0 Å². The highest BCUT2D eigenvalue weighted by molar-refractivity contribution is 7.89. The van der Waals surface area contributed by atoms with Gasteiger partial charge in [-0.05, 0) is 38.5 Å². The number of aromatic nitrogens is 2. The Bertz CT molecular complexity index is 809. The van der Waals surface area contributed by atoms with Crippen molar-refractivity contribution >= 4 is 16.0 Å². The predicted molar refractivity (Wildman–Crippen MR) is 104 cm³/mol. The molecule has 8 heteroatoms. The van der Waals surface area contributed by atoms with Crippen molar-refractivity contribution in [2.45, 2.75) is 58.0 Å². The van der Waals surface area contributed by atoms with Crippen LogP contribution in [0.15, 0.2) is 0 Å². The first-order chi connectivity index (χ1) is 12.9. The van der Waals surface area contributed by atoms with Gasteiger partial charge in [0.05, 0.1) is 30.1 Å². The molecule has 7 nitrogen and oxygen atoms in total. The van der Waals surface area contributed by atoms with E-state index in [2.05, 4.69) is 10.3 Å². The number of aryl methyl sites for hydroxylation is 1. The van der Waals surface area contributed by atoms with Gasteiger partial charge in [0.2, 0.25) is 16.0 Å². The molecule has 2 fully saturated rings. The minimum atomic E-state index is -3.21. The monoisotopic (exact) mass is 394 g/mol. The van der Waals surface area contributed by atoms with Crippen LogP contribution >= 0.6 is 0 Å². The minimum absolute atomic E-state index is 0.226. The average molecular weight is 395 g/mol. The minimum Gasteiger partial charge on any atom is -0.376 e. The zero-order valence-corrected chi connectivity index (χ0v) is 17.1. The van der Waals surface area contributed by atoms with E-state index in [1.807, 2.05) is 13.8 Å². The summed E-state index contributed by atoms with van der Waals surface area (Å²) in [7, 11) is -3.21. The van der Waals surface area contributed by atoms with Crippen LogP contribution in [0.5, 0.6) is 0 Å². The molecule has 1 aromatic heterocycles. The Labute approximate surface area is 162 Å². The number of unbranched alkanes of at least 4 members (excludes halogenated alkanes) is 1. The number of ether oxygens (including phenoxy) is 1. The van der Waals surface area contributed by atoms with E-state index in [0.29, 0.717) is 38.7 Å². The van der Waals surface area contributed by atoms with Gasteiger partial charge in [0.15, 0.2) is 0 Å². The van der Waals surface area contributed by atoms with Crippen molar-refractivity contribution < 1.29 is 13.2 Å². The second kappa shape index (κ2) is 7.29. The van der Waals surface area contributed by atoms with Crippen LogP contribution in [0.25, 0.3) is 0 Å². The van der Waals surface area contributed by atoms with Gasteiger partial charge < -0.3 is 10.1 Å². The quantitative estimate of drug-likeness (QED) is 0.763. The summed E-state index contributed by atoms with van der Waals surface area (Å²) in [6.07, 6.45) is 4.89. The van der Waals surface area contributed by atoms with Crippen molar-refractivity contribution in [3.63, 3.8) is 0 Å². The number of hydrogen-bond donors (Lipinski definition) is 1. The molecule has 1 atom stereocenters. The summed E-state index contributed by atoms with van der Waals surface area (Å²) >= 11 is 0. The molecule has 0 aromatic carbocycles. The van der Waals surface area contributed by atoms with Crippen LogP contribution in [-0.4, -0.2) is 54.7 Å². The topological polar surface area (TPSA) is 84.4 Å². The van der Waals surface area contributed by atoms with Gasteiger partial charge in [-0.1, -0.05) is 13.3 Å². The molecule has 1 saturated carbocycles. The van der Waals surface area contributed by atoms with Gasteiger partial charge in [-0.2, -0.15) is 0 Å². The van der Waals surface area contributed by atoms with Crippen LogP contribution in [0, 0.1) is 12.8 Å². The van der Waals surface area contributed by atoms with Gasteiger partial charge in [0.25, 0.3) is 0 Å². The van der Waals surface area contributed by atoms with Gasteiger partial charge in [-0.15, -0.1) is 0 Å². The Kier molecular flexibility index (Phi) is 5.16. The SMILES string of the molecule is CCCCS(=O)(=O)N1CCC2(COCc3c(C)nc(NCC4CC4)nc32)C1. The Morgan fingerprint density at radius 1 is 1.33 bits per heavy atom. The normalized spacial score (nSPS) is 25.7. The Morgan fingerprint density at radius 2 is 2.15 bits per heavy atom. The first-order valence-electron chi connectivity index (χ1n) is 10.1. The molecule has 150 valence electrons. The van der Waals surface area contributed by atoms with Crippen molar-refractivity contribution in [3.8, 4) is 0 Å². The fourth-order valence-corrected chi connectivity index (χ4v) is 5.82. The second-order valence-electron chi connectivity index (χ2n) is 8.31. The largest absolute Gasteiger partial charge is 0.376 e. The van der Waals surface area contributed by atoms with Crippen molar-refractivity contribution in [2.24, 2.45) is 5.92 Å². The lowest BCUT2D eigenvalue weighted by Gasteiger charge is -2.35. The van der Waals surface area contributed by atoms with Crippen molar-refractivity contribution in [1.82, 2.24) is 14.3 Å². The molecule has 4 rings (SSSR count). The summed E-state index contributed by atoms with van der Waals surface area (Å²) in [5.74, 6) is 1.64. The first-order valence-corrected chi connectivity index (χ1v) is 11.7. The fraction of sp³-hybridized carbons (Fsp3) is 0.789. The van der Waals surface area contributed by atoms with E-state index in [0.717, 1.165) is 42.3 Å². The van der Waals surface area contributed by atoms with E-state index in [1.54, 1.807) is 4.31 Å². The van der Waals surface area contributed by atoms with Crippen molar-refractivity contribution in [3.05, 3.63) is 17.0 Å². The lowest BCUT2D eigenvalue weighted by atomic mass is 9.80. The van der Waals surface area contributed by atoms with Gasteiger partial charge >= 0.3 is 0 Å². The highest BCUT2D eigenvalue weighted by Crippen LogP contribution is 2.41. The molecule has 2 aliphatic heterocycles. The number of rotatable bonds is 7. The Hall–Kier alpha value is -1.25. The molecule has 27 heavy (non-hydrogen) atoms. The lowest BCUT2D eigenvalue weighted by molar-refractivity contribution is 0.0527. The fourth-order valence-electron chi connectivity index (χ4n) is 4.10. The van der Waals surface area contributed by atoms with Crippen LogP contribution in [0.4, 0.5) is 5.95 Å². The van der Waals surface area contributed by atoms with Crippen molar-refractivity contribution in [1.29, 1.82) is 0 Å². The highest BCUT2D eigenvalue weighted by Gasteiger charge is 2.48. The second-order valence-corrected chi connectivity index (χ2v) is 10.4. The van der Waals surface area contributed by atoms with E-state index in [4.69, 9.17) is 9.72 Å². The summed E-state index contributed by atoms with van der Waals surface area (Å²) < 4.78 is 32.9. The zero-order valence-electron chi connectivity index (χ0n) is 16.3. The maximum absolute atomic E-state index is 12.7. The summed E-state index contributed by atoms with van der Waals surface area (Å²) in [4.78, 5) is 9.48. The summed E-state index contributed by atoms with van der Waals surface area (Å²) in [5.41, 5.74) is 2.61. The molecule has 1 spiro atoms. The van der Waals surface area contributed by atoms with E-state index in [9.17, 15) is 8.42 Å². The molecule has 1 unspecified atom stereocenters. The third-order valence-electron chi connectivity index (χ3n) is 6.05. The average Bonchev–Trinajstić information content (AvgIpc) is 3.38. The molecular weight excluding hydrogens is 364 g/mol. The Balaban J connectivity index is 1.60. The summed E-state index contributed by atoms with van der Waals surface area (Å²) in [6.45, 7) is 6.97. The van der Waals surface area contributed by atoms with E-state index in [-0.39, 0.29) is 11.2 Å². The third-order valence-corrected chi connectivity index (χ3v) is 7.96. The van der Waals surface area contributed by atoms with Gasteiger partial charge in [-0.3, -0.25) is 0 Å². The molecule has 0 amide bonds. The highest BCUT2D eigenvalue weighted by atomic mass is 32.2. The number of nitrogens with one attached hydrogen (secondary N) is 1. The first kappa shape index (κ1) is 19.1. The number of nitrogens with zero attached hydrogens (tertiary/aromatic N) is 3. The van der Waals surface area contributed by atoms with Gasteiger partial charge in [-0.25, -0.2) is 22.7 Å². The van der Waals surface area contributed by atoms with Crippen molar-refractivity contribution in [2.75, 3.05) is 37.3 Å². The number of anilines is 1. The molecule has 0 radical (unpaired) electrons. The van der Waals surface area contributed by atoms with E-state index < -0.39 is 10.0 Å². The summed E-state index contributed by atoms with van der Waals surface area (Å²) in [6, 6.07) is 0. The molecule has 1 saturated heterocycles. The molecule has 1 aliphatic carbocycles. The third kappa shape index (κ3) is 3.84. The molecule has 3 aliphatic rings. The van der Waals surface area contributed by atoms with Crippen LogP contribution in [0.2, 0.25) is 0 Å². The predicted octanol–water partition coefficient (Wildman–Crippen LogP) is 2.21. The molecule has 3 heterocycles. The number of sulfonamides is 1. The number of fused-ring (bicyclic) bond motifs is 2. The van der Waals surface area contributed by atoms with Gasteiger partial charge in [0, 0.05) is 30.9 Å². The molecule has 1 N–H and O–H groups in total. The summed E-state index contributed by atoms with van der Waals surface area (Å²) in [5, 5.41) is 3.38. The molecule has 0 bridgehead atoms. The van der Waals surface area contributed by atoms with Crippen LogP contribution in [-0.2, 0) is 26.8 Å². The smallest absolute Gasteiger partial charge is 0.223 e. The lowest BCUT2D eigenvalue weighted by Crippen LogP contribution is -2.42. The molecular formula is C19H30N4O3S. The number of hydrogen-bond acceptors (Lipinski definition) is 6. The maximum Gasteiger partial charge on any atom is 0.223 e. The van der Waals surface area contributed by atoms with E-state index in [1.165, 1.54) is 12.8 Å². The van der Waals surface area contributed by atoms with Crippen LogP contribution in [0.1, 0.15) is 56.0 Å². The van der Waals surface area contributed by atoms with E-state index >= 15 is 0 Å². The molecule has 1 aromatic rings. The standard InChI is InChI=1S/C19H30N4O3S/c1-3-4-9-27(24,25)23-8-7-19(12-23)13-26-11-16-14(2)21-18(22-17(16)19)20-10-15-5-6-15/h15H,3-13H2,1-2H3,(H,20,21,22). The van der Waals surface area contributed by atoms with Crippen LogP contribution in [0.3, 0.4) is 0 Å². The Morgan fingerprint density at radius 3 is 2.89 bits per heavy atom. The zero-order chi connectivity index (χ0) is 19.1. The van der Waals surface area contributed by atoms with Crippen LogP contribution < -0.4 is 5.32 Å². The maximum atomic E-state index is 12.7.